The predicted octanol–water partition coefficient (Wildman–Crippen LogP) is 3.59. The number of carbonyl (C=O) groups is 2. The highest BCUT2D eigenvalue weighted by Gasteiger charge is 2.39. The number of carbonyl (C=O) groups excluding carboxylic acids is 2. The number of sulfone groups is 1. The minimum absolute atomic E-state index is 0.0343. The van der Waals surface area contributed by atoms with Gasteiger partial charge in [-0.15, -0.1) is 0 Å². The smallest absolute Gasteiger partial charge is 0.255 e. The maximum atomic E-state index is 12.4. The summed E-state index contributed by atoms with van der Waals surface area (Å²) >= 11 is 6.21. The molecule has 0 spiro atoms. The molecule has 0 aromatic heterocycles. The van der Waals surface area contributed by atoms with Crippen LogP contribution in [0.5, 0.6) is 0 Å². The van der Waals surface area contributed by atoms with E-state index in [2.05, 4.69) is 10.6 Å². The third-order valence-corrected chi connectivity index (χ3v) is 5.88. The molecule has 6 nitrogen and oxygen atoms in total. The van der Waals surface area contributed by atoms with Crippen LogP contribution in [0, 0.1) is 11.8 Å². The first kappa shape index (κ1) is 19.4. The van der Waals surface area contributed by atoms with Crippen LogP contribution in [0.25, 0.3) is 0 Å². The molecule has 0 heterocycles. The van der Waals surface area contributed by atoms with Gasteiger partial charge in [-0.05, 0) is 48.7 Å². The normalized spacial score (nSPS) is 18.6. The van der Waals surface area contributed by atoms with Gasteiger partial charge in [0, 0.05) is 23.4 Å². The molecule has 2 atom stereocenters. The van der Waals surface area contributed by atoms with Crippen LogP contribution in [0.1, 0.15) is 23.7 Å². The van der Waals surface area contributed by atoms with Crippen molar-refractivity contribution in [2.24, 2.45) is 11.8 Å². The number of halogens is 1. The second kappa shape index (κ2) is 7.32. The molecule has 0 aliphatic heterocycles. The van der Waals surface area contributed by atoms with Crippen molar-refractivity contribution in [3.63, 3.8) is 0 Å². The Morgan fingerprint density at radius 2 is 1.81 bits per heavy atom. The van der Waals surface area contributed by atoms with E-state index in [9.17, 15) is 18.0 Å². The zero-order valence-electron chi connectivity index (χ0n) is 14.8. The van der Waals surface area contributed by atoms with Crippen molar-refractivity contribution in [3.8, 4) is 0 Å². The molecule has 142 valence electrons. The standard InChI is InChI=1S/C19H19ClN2O4S/c1-11-8-15(11)19(24)21-13-6-7-17(16(20)10-13)22-18(23)12-4-3-5-14(9-12)27(2,25)26/h3-7,9-11,15H,8H2,1-2H3,(H,21,24)(H,22,23)/t11-,15-/m0/s1. The number of hydrogen-bond acceptors (Lipinski definition) is 4. The number of nitrogens with one attached hydrogen (secondary N) is 2. The Labute approximate surface area is 162 Å². The Balaban J connectivity index is 1.72. The Morgan fingerprint density at radius 1 is 1.11 bits per heavy atom. The molecule has 3 rings (SSSR count). The average Bonchev–Trinajstić information content (AvgIpc) is 3.33. The van der Waals surface area contributed by atoms with E-state index in [-0.39, 0.29) is 27.3 Å². The van der Waals surface area contributed by atoms with Crippen molar-refractivity contribution in [2.75, 3.05) is 16.9 Å². The van der Waals surface area contributed by atoms with Crippen molar-refractivity contribution in [3.05, 3.63) is 53.1 Å². The third-order valence-electron chi connectivity index (χ3n) is 4.46. The summed E-state index contributed by atoms with van der Waals surface area (Å²) in [6.45, 7) is 2.02. The minimum atomic E-state index is -3.41. The molecule has 1 saturated carbocycles. The van der Waals surface area contributed by atoms with Crippen LogP contribution < -0.4 is 10.6 Å². The predicted molar refractivity (Wildman–Crippen MR) is 105 cm³/mol. The van der Waals surface area contributed by atoms with E-state index in [0.29, 0.717) is 17.3 Å². The van der Waals surface area contributed by atoms with Gasteiger partial charge in [0.2, 0.25) is 5.91 Å². The maximum absolute atomic E-state index is 12.4. The molecule has 0 saturated heterocycles. The molecule has 27 heavy (non-hydrogen) atoms. The topological polar surface area (TPSA) is 92.3 Å². The zero-order chi connectivity index (χ0) is 19.8. The summed E-state index contributed by atoms with van der Waals surface area (Å²) in [4.78, 5) is 24.5. The Bertz CT molecular complexity index is 1020. The van der Waals surface area contributed by atoms with Gasteiger partial charge in [0.1, 0.15) is 0 Å². The number of amides is 2. The van der Waals surface area contributed by atoms with Crippen LogP contribution in [0.3, 0.4) is 0 Å². The summed E-state index contributed by atoms with van der Waals surface area (Å²) in [7, 11) is -3.41. The van der Waals surface area contributed by atoms with Crippen molar-refractivity contribution in [1.29, 1.82) is 0 Å². The van der Waals surface area contributed by atoms with Crippen LogP contribution in [-0.2, 0) is 14.6 Å². The molecule has 0 bridgehead atoms. The summed E-state index contributed by atoms with van der Waals surface area (Å²) < 4.78 is 23.3. The lowest BCUT2D eigenvalue weighted by Crippen LogP contribution is -2.15. The fraction of sp³-hybridized carbons (Fsp3) is 0.263. The quantitative estimate of drug-likeness (QED) is 0.793. The van der Waals surface area contributed by atoms with Gasteiger partial charge in [0.25, 0.3) is 5.91 Å². The lowest BCUT2D eigenvalue weighted by Gasteiger charge is -2.11. The highest BCUT2D eigenvalue weighted by Crippen LogP contribution is 2.38. The maximum Gasteiger partial charge on any atom is 0.255 e. The summed E-state index contributed by atoms with van der Waals surface area (Å²) in [5, 5.41) is 5.73. The van der Waals surface area contributed by atoms with Crippen LogP contribution in [0.4, 0.5) is 11.4 Å². The second-order valence-corrected chi connectivity index (χ2v) is 9.18. The largest absolute Gasteiger partial charge is 0.326 e. The summed E-state index contributed by atoms with van der Waals surface area (Å²) in [6, 6.07) is 10.6. The van der Waals surface area contributed by atoms with Gasteiger partial charge in [0.05, 0.1) is 15.6 Å². The molecule has 1 aliphatic carbocycles. The van der Waals surface area contributed by atoms with Crippen LogP contribution >= 0.6 is 11.6 Å². The van der Waals surface area contributed by atoms with Crippen LogP contribution in [0.15, 0.2) is 47.4 Å². The van der Waals surface area contributed by atoms with Gasteiger partial charge < -0.3 is 10.6 Å². The summed E-state index contributed by atoms with van der Waals surface area (Å²) in [5.41, 5.74) is 1.12. The first-order valence-corrected chi connectivity index (χ1v) is 10.6. The van der Waals surface area contributed by atoms with Crippen molar-refractivity contribution < 1.29 is 18.0 Å². The highest BCUT2D eigenvalue weighted by molar-refractivity contribution is 7.90. The lowest BCUT2D eigenvalue weighted by atomic mass is 10.2. The van der Waals surface area contributed by atoms with Gasteiger partial charge >= 0.3 is 0 Å². The molecular weight excluding hydrogens is 388 g/mol. The molecule has 2 amide bonds. The molecule has 0 radical (unpaired) electrons. The van der Waals surface area contributed by atoms with E-state index >= 15 is 0 Å². The fourth-order valence-electron chi connectivity index (χ4n) is 2.68. The molecule has 2 aromatic rings. The third kappa shape index (κ3) is 4.67. The Kier molecular flexibility index (Phi) is 5.26. The molecule has 2 N–H and O–H groups in total. The fourth-order valence-corrected chi connectivity index (χ4v) is 3.57. The van der Waals surface area contributed by atoms with Crippen LogP contribution in [-0.4, -0.2) is 26.5 Å². The van der Waals surface area contributed by atoms with Gasteiger partial charge in [-0.1, -0.05) is 24.6 Å². The van der Waals surface area contributed by atoms with Gasteiger partial charge in [-0.2, -0.15) is 0 Å². The first-order valence-electron chi connectivity index (χ1n) is 8.37. The average molecular weight is 407 g/mol. The van der Waals surface area contributed by atoms with Gasteiger partial charge in [-0.25, -0.2) is 8.42 Å². The molecule has 0 unspecified atom stereocenters. The Hall–Kier alpha value is -2.38. The number of benzene rings is 2. The SMILES string of the molecule is C[C@H]1C[C@@H]1C(=O)Nc1ccc(NC(=O)c2cccc(S(C)(=O)=O)c2)c(Cl)c1. The van der Waals surface area contributed by atoms with Gasteiger partial charge in [0.15, 0.2) is 9.84 Å². The van der Waals surface area contributed by atoms with Crippen molar-refractivity contribution in [2.45, 2.75) is 18.2 Å². The minimum Gasteiger partial charge on any atom is -0.326 e. The number of rotatable bonds is 5. The van der Waals surface area contributed by atoms with E-state index in [1.807, 2.05) is 6.92 Å². The first-order chi connectivity index (χ1) is 12.6. The van der Waals surface area contributed by atoms with Gasteiger partial charge in [-0.3, -0.25) is 9.59 Å². The number of hydrogen-bond donors (Lipinski definition) is 2. The van der Waals surface area contributed by atoms with E-state index in [4.69, 9.17) is 11.6 Å². The van der Waals surface area contributed by atoms with Crippen molar-refractivity contribution in [1.82, 2.24) is 0 Å². The lowest BCUT2D eigenvalue weighted by molar-refractivity contribution is -0.117. The monoisotopic (exact) mass is 406 g/mol. The molecule has 8 heteroatoms. The second-order valence-electron chi connectivity index (χ2n) is 6.76. The molecule has 1 aliphatic rings. The van der Waals surface area contributed by atoms with E-state index < -0.39 is 15.7 Å². The van der Waals surface area contributed by atoms with E-state index in [1.54, 1.807) is 18.2 Å². The van der Waals surface area contributed by atoms with E-state index in [1.165, 1.54) is 24.3 Å². The number of anilines is 2. The van der Waals surface area contributed by atoms with Crippen molar-refractivity contribution >= 4 is 44.6 Å². The van der Waals surface area contributed by atoms with E-state index in [0.717, 1.165) is 12.7 Å². The molecule has 2 aromatic carbocycles. The summed E-state index contributed by atoms with van der Waals surface area (Å²) in [6.07, 6.45) is 1.97. The molecule has 1 fully saturated rings. The highest BCUT2D eigenvalue weighted by atomic mass is 35.5. The zero-order valence-corrected chi connectivity index (χ0v) is 16.4. The Morgan fingerprint density at radius 3 is 2.41 bits per heavy atom. The summed E-state index contributed by atoms with van der Waals surface area (Å²) in [5.74, 6) is -0.0639. The van der Waals surface area contributed by atoms with Crippen LogP contribution in [0.2, 0.25) is 5.02 Å². The molecular formula is C19H19ClN2O4S.